The summed E-state index contributed by atoms with van der Waals surface area (Å²) in [5, 5.41) is 2.96. The third-order valence-electron chi connectivity index (χ3n) is 4.49. The van der Waals surface area contributed by atoms with Gasteiger partial charge in [0.2, 0.25) is 0 Å². The molecule has 1 aliphatic heterocycles. The van der Waals surface area contributed by atoms with E-state index >= 15 is 0 Å². The minimum atomic E-state index is -0.198. The fourth-order valence-corrected chi connectivity index (χ4v) is 3.57. The summed E-state index contributed by atoms with van der Waals surface area (Å²) >= 11 is 1.68. The molecule has 1 aliphatic rings. The summed E-state index contributed by atoms with van der Waals surface area (Å²) in [6, 6.07) is 9.51. The second-order valence-electron chi connectivity index (χ2n) is 6.01. The lowest BCUT2D eigenvalue weighted by Crippen LogP contribution is -2.32. The highest BCUT2D eigenvalue weighted by Crippen LogP contribution is 2.25. The fraction of sp³-hybridized carbons (Fsp3) is 0.368. The average Bonchev–Trinajstić information content (AvgIpc) is 2.66. The first-order valence-electron chi connectivity index (χ1n) is 8.36. The molecular formula is C19H22N2O3S. The standard InChI is InChI=1S/C19H22N2O3S/c1-24-16-11-17(22)21-10-4-3-5-15(21)18(16)19(23)20-12-13-6-8-14(25-2)9-7-13/h6-9,11H,3-5,10,12H2,1-2H3,(H,20,23). The van der Waals surface area contributed by atoms with Crippen molar-refractivity contribution in [3.63, 3.8) is 0 Å². The maximum atomic E-state index is 12.8. The van der Waals surface area contributed by atoms with Crippen molar-refractivity contribution in [1.82, 2.24) is 9.88 Å². The van der Waals surface area contributed by atoms with Crippen molar-refractivity contribution < 1.29 is 9.53 Å². The number of fused-ring (bicyclic) bond motifs is 1. The zero-order valence-corrected chi connectivity index (χ0v) is 15.3. The Hall–Kier alpha value is -2.21. The van der Waals surface area contributed by atoms with E-state index in [4.69, 9.17) is 4.74 Å². The molecule has 1 aromatic heterocycles. The van der Waals surface area contributed by atoms with E-state index in [-0.39, 0.29) is 11.5 Å². The molecule has 5 nitrogen and oxygen atoms in total. The third-order valence-corrected chi connectivity index (χ3v) is 5.23. The molecule has 0 spiro atoms. The molecule has 1 N–H and O–H groups in total. The molecule has 0 aliphatic carbocycles. The number of pyridine rings is 1. The van der Waals surface area contributed by atoms with Crippen molar-refractivity contribution in [2.45, 2.75) is 37.2 Å². The molecule has 0 saturated heterocycles. The van der Waals surface area contributed by atoms with Crippen LogP contribution in [-0.2, 0) is 19.5 Å². The van der Waals surface area contributed by atoms with Crippen LogP contribution < -0.4 is 15.6 Å². The molecule has 1 aromatic carbocycles. The van der Waals surface area contributed by atoms with Gasteiger partial charge in [0.1, 0.15) is 11.3 Å². The molecule has 132 valence electrons. The predicted molar refractivity (Wildman–Crippen MR) is 99.6 cm³/mol. The molecule has 0 bridgehead atoms. The smallest absolute Gasteiger partial charge is 0.257 e. The Labute approximate surface area is 151 Å². The molecule has 2 aromatic rings. The van der Waals surface area contributed by atoms with Gasteiger partial charge < -0.3 is 14.6 Å². The van der Waals surface area contributed by atoms with Gasteiger partial charge in [-0.15, -0.1) is 11.8 Å². The average molecular weight is 358 g/mol. The van der Waals surface area contributed by atoms with E-state index in [1.165, 1.54) is 18.1 Å². The number of hydrogen-bond donors (Lipinski definition) is 1. The molecular weight excluding hydrogens is 336 g/mol. The van der Waals surface area contributed by atoms with Crippen molar-refractivity contribution >= 4 is 17.7 Å². The molecule has 0 unspecified atom stereocenters. The number of benzene rings is 1. The van der Waals surface area contributed by atoms with Crippen LogP contribution >= 0.6 is 11.8 Å². The number of nitrogens with one attached hydrogen (secondary N) is 1. The van der Waals surface area contributed by atoms with Crippen LogP contribution in [0.25, 0.3) is 0 Å². The lowest BCUT2D eigenvalue weighted by atomic mass is 10.0. The van der Waals surface area contributed by atoms with Gasteiger partial charge in [0, 0.05) is 29.7 Å². The minimum Gasteiger partial charge on any atom is -0.496 e. The molecule has 1 amide bonds. The van der Waals surface area contributed by atoms with Crippen molar-refractivity contribution in [3.8, 4) is 5.75 Å². The number of amides is 1. The lowest BCUT2D eigenvalue weighted by molar-refractivity contribution is 0.0945. The molecule has 6 heteroatoms. The first-order valence-corrected chi connectivity index (χ1v) is 9.58. The van der Waals surface area contributed by atoms with E-state index in [1.807, 2.05) is 30.5 Å². The monoisotopic (exact) mass is 358 g/mol. The van der Waals surface area contributed by atoms with Crippen LogP contribution in [0, 0.1) is 0 Å². The largest absolute Gasteiger partial charge is 0.496 e. The van der Waals surface area contributed by atoms with Crippen molar-refractivity contribution in [2.75, 3.05) is 13.4 Å². The summed E-state index contributed by atoms with van der Waals surface area (Å²) in [4.78, 5) is 26.2. The molecule has 0 radical (unpaired) electrons. The van der Waals surface area contributed by atoms with Crippen LogP contribution in [0.5, 0.6) is 5.75 Å². The van der Waals surface area contributed by atoms with Crippen LogP contribution in [0.4, 0.5) is 0 Å². The Morgan fingerprint density at radius 1 is 1.28 bits per heavy atom. The van der Waals surface area contributed by atoms with Crippen LogP contribution in [0.2, 0.25) is 0 Å². The summed E-state index contributed by atoms with van der Waals surface area (Å²) < 4.78 is 7.02. The van der Waals surface area contributed by atoms with E-state index in [9.17, 15) is 9.59 Å². The Bertz CT molecular complexity index is 828. The minimum absolute atomic E-state index is 0.101. The molecule has 2 heterocycles. The van der Waals surface area contributed by atoms with E-state index < -0.39 is 0 Å². The molecule has 0 atom stereocenters. The van der Waals surface area contributed by atoms with Crippen molar-refractivity contribution in [1.29, 1.82) is 0 Å². The van der Waals surface area contributed by atoms with Crippen LogP contribution in [0.3, 0.4) is 0 Å². The number of carbonyl (C=O) groups excluding carboxylic acids is 1. The number of rotatable bonds is 5. The number of carbonyl (C=O) groups is 1. The fourth-order valence-electron chi connectivity index (χ4n) is 3.16. The van der Waals surface area contributed by atoms with Gasteiger partial charge in [-0.2, -0.15) is 0 Å². The van der Waals surface area contributed by atoms with Crippen LogP contribution in [0.15, 0.2) is 40.0 Å². The Morgan fingerprint density at radius 3 is 2.72 bits per heavy atom. The molecule has 3 rings (SSSR count). The first-order chi connectivity index (χ1) is 12.1. The zero-order chi connectivity index (χ0) is 17.8. The van der Waals surface area contributed by atoms with Gasteiger partial charge in [0.15, 0.2) is 0 Å². The van der Waals surface area contributed by atoms with Crippen molar-refractivity contribution in [2.24, 2.45) is 0 Å². The summed E-state index contributed by atoms with van der Waals surface area (Å²) in [5.74, 6) is 0.157. The highest BCUT2D eigenvalue weighted by atomic mass is 32.2. The van der Waals surface area contributed by atoms with E-state index in [0.717, 1.165) is 30.5 Å². The predicted octanol–water partition coefficient (Wildman–Crippen LogP) is 2.85. The highest BCUT2D eigenvalue weighted by molar-refractivity contribution is 7.98. The Morgan fingerprint density at radius 2 is 2.04 bits per heavy atom. The molecule has 0 fully saturated rings. The van der Waals surface area contributed by atoms with Gasteiger partial charge in [-0.3, -0.25) is 9.59 Å². The maximum absolute atomic E-state index is 12.8. The molecule has 0 saturated carbocycles. The van der Waals surface area contributed by atoms with Gasteiger partial charge in [-0.05, 0) is 43.2 Å². The SMILES string of the molecule is COc1cc(=O)n2c(c1C(=O)NCc1ccc(SC)cc1)CCCC2. The highest BCUT2D eigenvalue weighted by Gasteiger charge is 2.23. The number of nitrogens with zero attached hydrogens (tertiary/aromatic N) is 1. The zero-order valence-electron chi connectivity index (χ0n) is 14.5. The number of ether oxygens (including phenoxy) is 1. The van der Waals surface area contributed by atoms with E-state index in [2.05, 4.69) is 5.32 Å². The molecule has 25 heavy (non-hydrogen) atoms. The summed E-state index contributed by atoms with van der Waals surface area (Å²) in [5.41, 5.74) is 2.20. The quantitative estimate of drug-likeness (QED) is 0.835. The number of thioether (sulfide) groups is 1. The van der Waals surface area contributed by atoms with E-state index in [1.54, 1.807) is 16.3 Å². The normalized spacial score (nSPS) is 13.2. The number of hydrogen-bond acceptors (Lipinski definition) is 4. The van der Waals surface area contributed by atoms with Crippen LogP contribution in [-0.4, -0.2) is 23.8 Å². The van der Waals surface area contributed by atoms with Gasteiger partial charge in [-0.25, -0.2) is 0 Å². The number of methoxy groups -OCH3 is 1. The second kappa shape index (κ2) is 7.78. The summed E-state index contributed by atoms with van der Waals surface area (Å²) in [6.07, 6.45) is 4.69. The van der Waals surface area contributed by atoms with Crippen LogP contribution in [0.1, 0.15) is 34.5 Å². The van der Waals surface area contributed by atoms with Gasteiger partial charge >= 0.3 is 0 Å². The van der Waals surface area contributed by atoms with Gasteiger partial charge in [0.05, 0.1) is 7.11 Å². The lowest BCUT2D eigenvalue weighted by Gasteiger charge is -2.22. The van der Waals surface area contributed by atoms with E-state index in [0.29, 0.717) is 24.4 Å². The Kier molecular flexibility index (Phi) is 5.48. The maximum Gasteiger partial charge on any atom is 0.257 e. The second-order valence-corrected chi connectivity index (χ2v) is 6.89. The summed E-state index contributed by atoms with van der Waals surface area (Å²) in [6.45, 7) is 1.10. The third kappa shape index (κ3) is 3.74. The number of aromatic nitrogens is 1. The topological polar surface area (TPSA) is 60.3 Å². The first kappa shape index (κ1) is 17.6. The van der Waals surface area contributed by atoms with Gasteiger partial charge in [0.25, 0.3) is 11.5 Å². The summed E-state index contributed by atoms with van der Waals surface area (Å²) in [7, 11) is 1.49. The van der Waals surface area contributed by atoms with Gasteiger partial charge in [-0.1, -0.05) is 12.1 Å². The van der Waals surface area contributed by atoms with Crippen molar-refractivity contribution in [3.05, 3.63) is 57.5 Å². The Balaban J connectivity index is 1.84.